The molecule has 0 atom stereocenters. The zero-order valence-electron chi connectivity index (χ0n) is 16.8. The highest BCUT2D eigenvalue weighted by Gasteiger charge is 2.22. The number of pyridine rings is 1. The van der Waals surface area contributed by atoms with Crippen molar-refractivity contribution in [3.05, 3.63) is 67.4 Å². The number of benzene rings is 1. The van der Waals surface area contributed by atoms with Gasteiger partial charge in [-0.2, -0.15) is 4.98 Å². The maximum Gasteiger partial charge on any atom is 0.259 e. The van der Waals surface area contributed by atoms with Crippen LogP contribution >= 0.6 is 0 Å². The Balaban J connectivity index is 1.19. The van der Waals surface area contributed by atoms with Crippen LogP contribution in [-0.4, -0.2) is 61.7 Å². The molecule has 9 heteroatoms. The molecular formula is C22H21N7O2. The number of aromatic nitrogens is 5. The molecule has 0 bridgehead atoms. The molecule has 0 spiro atoms. The zero-order valence-corrected chi connectivity index (χ0v) is 16.8. The normalized spacial score (nSPS) is 14.1. The predicted octanol–water partition coefficient (Wildman–Crippen LogP) is 2.34. The first-order valence-corrected chi connectivity index (χ1v) is 10.1. The quantitative estimate of drug-likeness (QED) is 0.494. The van der Waals surface area contributed by atoms with Crippen molar-refractivity contribution in [1.82, 2.24) is 29.6 Å². The summed E-state index contributed by atoms with van der Waals surface area (Å²) in [7, 11) is 0. The van der Waals surface area contributed by atoms with Gasteiger partial charge >= 0.3 is 0 Å². The summed E-state index contributed by atoms with van der Waals surface area (Å²) in [5.74, 6) is 0.826. The number of amides is 1. The van der Waals surface area contributed by atoms with E-state index in [4.69, 9.17) is 4.52 Å². The van der Waals surface area contributed by atoms with Gasteiger partial charge in [-0.25, -0.2) is 4.98 Å². The largest absolute Gasteiger partial charge is 0.368 e. The minimum absolute atomic E-state index is 0.0702. The number of hydrogen-bond donors (Lipinski definition) is 0. The number of nitrogens with zero attached hydrogens (tertiary/aromatic N) is 7. The third kappa shape index (κ3) is 4.16. The Hall–Kier alpha value is -4.01. The highest BCUT2D eigenvalue weighted by molar-refractivity contribution is 5.76. The fourth-order valence-corrected chi connectivity index (χ4v) is 3.61. The van der Waals surface area contributed by atoms with E-state index in [0.29, 0.717) is 30.5 Å². The van der Waals surface area contributed by atoms with Crippen LogP contribution in [0.3, 0.4) is 0 Å². The molecule has 1 aromatic carbocycles. The van der Waals surface area contributed by atoms with Crippen LogP contribution in [0.25, 0.3) is 23.0 Å². The third-order valence-corrected chi connectivity index (χ3v) is 5.27. The first-order chi connectivity index (χ1) is 15.3. The van der Waals surface area contributed by atoms with Crippen molar-refractivity contribution >= 4 is 11.6 Å². The van der Waals surface area contributed by atoms with Crippen LogP contribution < -0.4 is 4.90 Å². The summed E-state index contributed by atoms with van der Waals surface area (Å²) in [5.41, 5.74) is 2.49. The summed E-state index contributed by atoms with van der Waals surface area (Å²) >= 11 is 0. The van der Waals surface area contributed by atoms with Gasteiger partial charge in [0.25, 0.3) is 5.89 Å². The molecule has 1 fully saturated rings. The number of piperazine rings is 1. The SMILES string of the molecule is O=C(Cn1cnc(-c2noc(-c3cccnc3)n2)c1)N1CCN(c2ccccc2)CC1. The van der Waals surface area contributed by atoms with E-state index in [1.54, 1.807) is 35.6 Å². The number of anilines is 1. The Bertz CT molecular complexity index is 1150. The minimum Gasteiger partial charge on any atom is -0.368 e. The van der Waals surface area contributed by atoms with Crippen molar-refractivity contribution in [2.75, 3.05) is 31.1 Å². The van der Waals surface area contributed by atoms with E-state index in [1.807, 2.05) is 29.2 Å². The Morgan fingerprint density at radius 1 is 1.03 bits per heavy atom. The average Bonchev–Trinajstić information content (AvgIpc) is 3.50. The Morgan fingerprint density at radius 3 is 2.65 bits per heavy atom. The second kappa shape index (κ2) is 8.39. The molecule has 1 aliphatic rings. The van der Waals surface area contributed by atoms with Gasteiger partial charge in [-0.05, 0) is 24.3 Å². The summed E-state index contributed by atoms with van der Waals surface area (Å²) in [6, 6.07) is 13.9. The number of carbonyl (C=O) groups excluding carboxylic acids is 1. The van der Waals surface area contributed by atoms with Crippen LogP contribution in [0, 0.1) is 0 Å². The molecule has 0 saturated carbocycles. The van der Waals surface area contributed by atoms with Gasteiger partial charge < -0.3 is 18.9 Å². The summed E-state index contributed by atoms with van der Waals surface area (Å²) in [5, 5.41) is 3.99. The monoisotopic (exact) mass is 415 g/mol. The molecule has 1 amide bonds. The Morgan fingerprint density at radius 2 is 1.87 bits per heavy atom. The standard InChI is InChI=1S/C22H21N7O2/c30-20(29-11-9-28(10-12-29)18-6-2-1-3-7-18)15-27-14-19(24-16-27)21-25-22(31-26-21)17-5-4-8-23-13-17/h1-8,13-14,16H,9-12,15H2. The van der Waals surface area contributed by atoms with Crippen molar-refractivity contribution in [2.45, 2.75) is 6.54 Å². The average molecular weight is 415 g/mol. The van der Waals surface area contributed by atoms with Crippen molar-refractivity contribution in [2.24, 2.45) is 0 Å². The summed E-state index contributed by atoms with van der Waals surface area (Å²) in [6.45, 7) is 3.28. The van der Waals surface area contributed by atoms with E-state index in [9.17, 15) is 4.79 Å². The molecular weight excluding hydrogens is 394 g/mol. The Labute approximate surface area is 179 Å². The van der Waals surface area contributed by atoms with Crippen LogP contribution in [0.2, 0.25) is 0 Å². The highest BCUT2D eigenvalue weighted by Crippen LogP contribution is 2.20. The van der Waals surface area contributed by atoms with Crippen molar-refractivity contribution in [3.8, 4) is 23.0 Å². The number of para-hydroxylation sites is 1. The lowest BCUT2D eigenvalue weighted by Gasteiger charge is -2.36. The van der Waals surface area contributed by atoms with Gasteiger partial charge in [0.15, 0.2) is 0 Å². The molecule has 0 N–H and O–H groups in total. The molecule has 1 saturated heterocycles. The molecule has 0 radical (unpaired) electrons. The van der Waals surface area contributed by atoms with Gasteiger partial charge in [-0.3, -0.25) is 9.78 Å². The highest BCUT2D eigenvalue weighted by atomic mass is 16.5. The molecule has 1 aliphatic heterocycles. The van der Waals surface area contributed by atoms with E-state index in [2.05, 4.69) is 37.1 Å². The second-order valence-corrected chi connectivity index (χ2v) is 7.30. The van der Waals surface area contributed by atoms with E-state index < -0.39 is 0 Å². The van der Waals surface area contributed by atoms with Crippen LogP contribution in [0.15, 0.2) is 71.9 Å². The predicted molar refractivity (Wildman–Crippen MR) is 114 cm³/mol. The number of imidazole rings is 1. The maximum atomic E-state index is 12.7. The van der Waals surface area contributed by atoms with Crippen LogP contribution in [0.5, 0.6) is 0 Å². The lowest BCUT2D eigenvalue weighted by molar-refractivity contribution is -0.132. The number of rotatable bonds is 5. The van der Waals surface area contributed by atoms with Crippen molar-refractivity contribution in [1.29, 1.82) is 0 Å². The molecule has 4 heterocycles. The van der Waals surface area contributed by atoms with Gasteiger partial charge in [0.2, 0.25) is 11.7 Å². The van der Waals surface area contributed by atoms with Crippen molar-refractivity contribution in [3.63, 3.8) is 0 Å². The topological polar surface area (TPSA) is 93.2 Å². The van der Waals surface area contributed by atoms with Gasteiger partial charge in [0.05, 0.1) is 11.9 Å². The molecule has 0 unspecified atom stereocenters. The zero-order chi connectivity index (χ0) is 21.0. The van der Waals surface area contributed by atoms with E-state index >= 15 is 0 Å². The summed E-state index contributed by atoms with van der Waals surface area (Å²) < 4.78 is 7.06. The minimum atomic E-state index is 0.0702. The van der Waals surface area contributed by atoms with Crippen LogP contribution in [-0.2, 0) is 11.3 Å². The molecule has 4 aromatic rings. The second-order valence-electron chi connectivity index (χ2n) is 7.30. The van der Waals surface area contributed by atoms with Gasteiger partial charge in [-0.1, -0.05) is 23.4 Å². The Kier molecular flexibility index (Phi) is 5.14. The summed E-state index contributed by atoms with van der Waals surface area (Å²) in [6.07, 6.45) is 6.72. The van der Waals surface area contributed by atoms with E-state index in [0.717, 1.165) is 18.7 Å². The van der Waals surface area contributed by atoms with Gasteiger partial charge in [0.1, 0.15) is 12.2 Å². The lowest BCUT2D eigenvalue weighted by Crippen LogP contribution is -2.49. The van der Waals surface area contributed by atoms with E-state index in [1.165, 1.54) is 5.69 Å². The third-order valence-electron chi connectivity index (χ3n) is 5.27. The number of hydrogen-bond acceptors (Lipinski definition) is 7. The first kappa shape index (κ1) is 19.0. The number of carbonyl (C=O) groups is 1. The molecule has 156 valence electrons. The summed E-state index contributed by atoms with van der Waals surface area (Å²) in [4.78, 5) is 29.7. The van der Waals surface area contributed by atoms with Gasteiger partial charge in [0, 0.05) is 50.5 Å². The molecule has 3 aromatic heterocycles. The molecule has 31 heavy (non-hydrogen) atoms. The lowest BCUT2D eigenvalue weighted by atomic mass is 10.2. The van der Waals surface area contributed by atoms with Crippen LogP contribution in [0.1, 0.15) is 0 Å². The van der Waals surface area contributed by atoms with Crippen LogP contribution in [0.4, 0.5) is 5.69 Å². The smallest absolute Gasteiger partial charge is 0.259 e. The fourth-order valence-electron chi connectivity index (χ4n) is 3.61. The first-order valence-electron chi connectivity index (χ1n) is 10.1. The molecule has 9 nitrogen and oxygen atoms in total. The molecule has 0 aliphatic carbocycles. The maximum absolute atomic E-state index is 12.7. The molecule has 5 rings (SSSR count). The van der Waals surface area contributed by atoms with Crippen molar-refractivity contribution < 1.29 is 9.32 Å². The van der Waals surface area contributed by atoms with E-state index in [-0.39, 0.29) is 12.5 Å². The fraction of sp³-hybridized carbons (Fsp3) is 0.227. The van der Waals surface area contributed by atoms with Gasteiger partial charge in [-0.15, -0.1) is 0 Å².